The lowest BCUT2D eigenvalue weighted by atomic mass is 9.98. The van der Waals surface area contributed by atoms with E-state index >= 15 is 0 Å². The van der Waals surface area contributed by atoms with Gasteiger partial charge in [0, 0.05) is 53.4 Å². The molecular weight excluding hydrogens is 472 g/mol. The summed E-state index contributed by atoms with van der Waals surface area (Å²) in [6.45, 7) is 1.53. The van der Waals surface area contributed by atoms with Gasteiger partial charge >= 0.3 is 0 Å². The minimum Gasteiger partial charge on any atom is -0.284 e. The van der Waals surface area contributed by atoms with E-state index in [0.29, 0.717) is 11.1 Å². The van der Waals surface area contributed by atoms with Gasteiger partial charge in [-0.05, 0) is 54.4 Å². The fourth-order valence-electron chi connectivity index (χ4n) is 3.92. The van der Waals surface area contributed by atoms with Gasteiger partial charge in [0.1, 0.15) is 11.6 Å². The zero-order chi connectivity index (χ0) is 24.7. The van der Waals surface area contributed by atoms with Crippen molar-refractivity contribution in [2.45, 2.75) is 6.92 Å². The van der Waals surface area contributed by atoms with Gasteiger partial charge in [-0.15, -0.1) is 0 Å². The molecule has 2 aromatic carbocycles. The Morgan fingerprint density at radius 2 is 1.63 bits per heavy atom. The van der Waals surface area contributed by atoms with E-state index in [0.717, 1.165) is 34.3 Å². The zero-order valence-electron chi connectivity index (χ0n) is 18.9. The SMILES string of the molecule is CCS(=O)(=O)Nc1cc(-c2ccc(F)cc2F)cc(-c2cnn3cc(-c4cnn(C)c4)ccc23)c1. The molecule has 0 saturated heterocycles. The fraction of sp³-hybridized carbons (Fsp3) is 0.120. The van der Waals surface area contributed by atoms with Crippen molar-refractivity contribution < 1.29 is 17.2 Å². The summed E-state index contributed by atoms with van der Waals surface area (Å²) in [6.07, 6.45) is 7.21. The van der Waals surface area contributed by atoms with Gasteiger partial charge in [-0.2, -0.15) is 10.2 Å². The Labute approximate surface area is 200 Å². The van der Waals surface area contributed by atoms with E-state index < -0.39 is 21.7 Å². The number of fused-ring (bicyclic) bond motifs is 1. The molecule has 0 unspecified atom stereocenters. The molecule has 0 aliphatic rings. The second-order valence-corrected chi connectivity index (χ2v) is 10.1. The predicted molar refractivity (Wildman–Crippen MR) is 131 cm³/mol. The molecule has 10 heteroatoms. The number of anilines is 1. The standard InChI is InChI=1S/C25H21F2N5O2S/c1-3-35(33,34)30-21-9-17(22-6-5-20(26)11-24(22)27)8-18(10-21)23-13-29-32-15-16(4-7-25(23)32)19-12-28-31(2)14-19/h4-15,30H,3H2,1-2H3. The highest BCUT2D eigenvalue weighted by atomic mass is 32.2. The third-order valence-electron chi connectivity index (χ3n) is 5.69. The lowest BCUT2D eigenvalue weighted by Gasteiger charge is -2.12. The summed E-state index contributed by atoms with van der Waals surface area (Å²) in [5, 5.41) is 8.67. The quantitative estimate of drug-likeness (QED) is 0.357. The Hall–Kier alpha value is -4.05. The summed E-state index contributed by atoms with van der Waals surface area (Å²) < 4.78 is 58.6. The van der Waals surface area contributed by atoms with Crippen LogP contribution in [0.15, 0.2) is 73.3 Å². The van der Waals surface area contributed by atoms with Gasteiger partial charge in [-0.3, -0.25) is 9.40 Å². The highest BCUT2D eigenvalue weighted by Gasteiger charge is 2.16. The minimum absolute atomic E-state index is 0.120. The van der Waals surface area contributed by atoms with Crippen LogP contribution in [0.2, 0.25) is 0 Å². The van der Waals surface area contributed by atoms with Crippen LogP contribution in [0.3, 0.4) is 0 Å². The number of pyridine rings is 1. The smallest absolute Gasteiger partial charge is 0.232 e. The summed E-state index contributed by atoms with van der Waals surface area (Å²) in [5.41, 5.74) is 4.83. The first-order chi connectivity index (χ1) is 16.7. The normalized spacial score (nSPS) is 11.8. The zero-order valence-corrected chi connectivity index (χ0v) is 19.7. The van der Waals surface area contributed by atoms with Crippen LogP contribution < -0.4 is 4.72 Å². The molecule has 7 nitrogen and oxygen atoms in total. The van der Waals surface area contributed by atoms with Crippen molar-refractivity contribution in [3.8, 4) is 33.4 Å². The van der Waals surface area contributed by atoms with E-state index in [1.165, 1.54) is 19.1 Å². The van der Waals surface area contributed by atoms with E-state index in [4.69, 9.17) is 0 Å². The van der Waals surface area contributed by atoms with E-state index in [1.54, 1.807) is 33.7 Å². The largest absolute Gasteiger partial charge is 0.284 e. The van der Waals surface area contributed by atoms with Gasteiger partial charge in [0.05, 0.1) is 23.7 Å². The minimum atomic E-state index is -3.58. The number of sulfonamides is 1. The molecule has 0 atom stereocenters. The molecule has 0 aliphatic carbocycles. The first-order valence-corrected chi connectivity index (χ1v) is 12.5. The van der Waals surface area contributed by atoms with E-state index in [9.17, 15) is 17.2 Å². The number of nitrogens with zero attached hydrogens (tertiary/aromatic N) is 4. The molecule has 5 rings (SSSR count). The molecule has 0 aliphatic heterocycles. The highest BCUT2D eigenvalue weighted by molar-refractivity contribution is 7.92. The second-order valence-electron chi connectivity index (χ2n) is 8.14. The Morgan fingerprint density at radius 1 is 0.857 bits per heavy atom. The maximum absolute atomic E-state index is 14.6. The Morgan fingerprint density at radius 3 is 2.31 bits per heavy atom. The molecule has 1 N–H and O–H groups in total. The van der Waals surface area contributed by atoms with Crippen molar-refractivity contribution in [1.82, 2.24) is 19.4 Å². The molecule has 0 radical (unpaired) electrons. The van der Waals surface area contributed by atoms with Gasteiger partial charge in [-0.25, -0.2) is 21.7 Å². The molecule has 0 fully saturated rings. The first kappa shape index (κ1) is 22.7. The Balaban J connectivity index is 1.65. The van der Waals surface area contributed by atoms with Gasteiger partial charge in [0.2, 0.25) is 10.0 Å². The number of aryl methyl sites for hydroxylation is 1. The van der Waals surface area contributed by atoms with Crippen LogP contribution in [-0.2, 0) is 17.1 Å². The summed E-state index contributed by atoms with van der Waals surface area (Å²) in [5.74, 6) is -1.56. The number of hydrogen-bond acceptors (Lipinski definition) is 4. The molecule has 0 spiro atoms. The third-order valence-corrected chi connectivity index (χ3v) is 7.00. The molecule has 178 valence electrons. The predicted octanol–water partition coefficient (Wildman–Crippen LogP) is 5.11. The van der Waals surface area contributed by atoms with Crippen molar-refractivity contribution in [2.24, 2.45) is 7.05 Å². The topological polar surface area (TPSA) is 81.3 Å². The molecule has 0 saturated carbocycles. The van der Waals surface area contributed by atoms with Gasteiger partial charge in [0.15, 0.2) is 0 Å². The fourth-order valence-corrected chi connectivity index (χ4v) is 4.54. The van der Waals surface area contributed by atoms with E-state index in [2.05, 4.69) is 14.9 Å². The molecule has 3 heterocycles. The van der Waals surface area contributed by atoms with Gasteiger partial charge in [0.25, 0.3) is 0 Å². The number of hydrogen-bond donors (Lipinski definition) is 1. The number of benzene rings is 2. The molecule has 0 amide bonds. The van der Waals surface area contributed by atoms with Crippen LogP contribution in [-0.4, -0.2) is 33.6 Å². The Kier molecular flexibility index (Phi) is 5.60. The van der Waals surface area contributed by atoms with Crippen molar-refractivity contribution in [1.29, 1.82) is 0 Å². The lowest BCUT2D eigenvalue weighted by molar-refractivity contribution is 0.585. The average Bonchev–Trinajstić information content (AvgIpc) is 3.44. The molecule has 35 heavy (non-hydrogen) atoms. The van der Waals surface area contributed by atoms with Crippen LogP contribution >= 0.6 is 0 Å². The first-order valence-electron chi connectivity index (χ1n) is 10.8. The summed E-state index contributed by atoms with van der Waals surface area (Å²) >= 11 is 0. The van der Waals surface area contributed by atoms with Crippen LogP contribution in [0.1, 0.15) is 6.92 Å². The molecule has 0 bridgehead atoms. The number of aromatic nitrogens is 4. The van der Waals surface area contributed by atoms with E-state index in [1.807, 2.05) is 31.6 Å². The number of nitrogens with one attached hydrogen (secondary N) is 1. The summed E-state index contributed by atoms with van der Waals surface area (Å²) in [7, 11) is -1.74. The maximum Gasteiger partial charge on any atom is 0.232 e. The van der Waals surface area contributed by atoms with Crippen molar-refractivity contribution >= 4 is 21.2 Å². The maximum atomic E-state index is 14.6. The summed E-state index contributed by atoms with van der Waals surface area (Å²) in [6, 6.07) is 12.1. The second kappa shape index (κ2) is 8.62. The van der Waals surface area contributed by atoms with Crippen LogP contribution in [0.4, 0.5) is 14.5 Å². The number of halogens is 2. The van der Waals surface area contributed by atoms with Crippen molar-refractivity contribution in [3.63, 3.8) is 0 Å². The third kappa shape index (κ3) is 4.52. The lowest BCUT2D eigenvalue weighted by Crippen LogP contribution is -2.14. The van der Waals surface area contributed by atoms with Crippen molar-refractivity contribution in [3.05, 3.63) is 85.0 Å². The number of rotatable bonds is 6. The highest BCUT2D eigenvalue weighted by Crippen LogP contribution is 2.34. The van der Waals surface area contributed by atoms with Crippen LogP contribution in [0, 0.1) is 11.6 Å². The van der Waals surface area contributed by atoms with Gasteiger partial charge in [-0.1, -0.05) is 6.07 Å². The Bertz CT molecular complexity index is 1670. The average molecular weight is 494 g/mol. The van der Waals surface area contributed by atoms with Crippen LogP contribution in [0.5, 0.6) is 0 Å². The monoisotopic (exact) mass is 493 g/mol. The molecule has 5 aromatic rings. The van der Waals surface area contributed by atoms with E-state index in [-0.39, 0.29) is 17.0 Å². The van der Waals surface area contributed by atoms with Crippen molar-refractivity contribution in [2.75, 3.05) is 10.5 Å². The van der Waals surface area contributed by atoms with Crippen LogP contribution in [0.25, 0.3) is 38.9 Å². The molecule has 3 aromatic heterocycles. The van der Waals surface area contributed by atoms with Gasteiger partial charge < -0.3 is 0 Å². The molecular formula is C25H21F2N5O2S. The summed E-state index contributed by atoms with van der Waals surface area (Å²) in [4.78, 5) is 0.